The lowest BCUT2D eigenvalue weighted by atomic mass is 9.93. The Morgan fingerprint density at radius 1 is 1.00 bits per heavy atom. The van der Waals surface area contributed by atoms with Gasteiger partial charge >= 0.3 is 6.09 Å². The number of hydrogen-bond donors (Lipinski definition) is 2. The van der Waals surface area contributed by atoms with E-state index < -0.39 is 53.1 Å². The number of carbonyl (C=O) groups is 4. The number of amides is 4. The quantitative estimate of drug-likeness (QED) is 0.496. The number of carbonyl (C=O) groups excluding carboxylic acids is 4. The minimum absolute atomic E-state index is 0.0322. The van der Waals surface area contributed by atoms with E-state index in [0.717, 1.165) is 12.1 Å². The predicted molar refractivity (Wildman–Crippen MR) is 127 cm³/mol. The monoisotopic (exact) mass is 523 g/mol. The fourth-order valence-corrected chi connectivity index (χ4v) is 4.89. The molecule has 2 heterocycles. The summed E-state index contributed by atoms with van der Waals surface area (Å²) in [6.07, 6.45) is -0.970. The molecule has 8 nitrogen and oxygen atoms in total. The van der Waals surface area contributed by atoms with E-state index in [0.29, 0.717) is 11.1 Å². The molecule has 194 valence electrons. The van der Waals surface area contributed by atoms with Crippen LogP contribution in [0.5, 0.6) is 5.75 Å². The van der Waals surface area contributed by atoms with Crippen LogP contribution in [0.3, 0.4) is 0 Å². The van der Waals surface area contributed by atoms with Gasteiger partial charge < -0.3 is 15.4 Å². The van der Waals surface area contributed by atoms with E-state index in [1.54, 1.807) is 18.2 Å². The standard InChI is InChI=1S/C27H20F3N3O5/c28-19-9-13(8-17-18(19)12-33(26(17)36)22-5-6-23(34)32-25(22)35)7-14-3-1-2-4-16(14)24-20(29)10-15(11-21(24)30)38-27(31)37/h1-4,8-11,22H,5-7,12H2,(H2,31,37)(H,32,34,35). The van der Waals surface area contributed by atoms with Crippen LogP contribution in [0.15, 0.2) is 48.5 Å². The normalized spacial score (nSPS) is 16.9. The first-order valence-corrected chi connectivity index (χ1v) is 11.6. The maximum absolute atomic E-state index is 15.1. The first-order valence-electron chi connectivity index (χ1n) is 11.6. The third-order valence-electron chi connectivity index (χ3n) is 6.58. The summed E-state index contributed by atoms with van der Waals surface area (Å²) in [4.78, 5) is 49.0. The van der Waals surface area contributed by atoms with Crippen molar-refractivity contribution in [3.05, 3.63) is 88.2 Å². The molecule has 1 fully saturated rings. The van der Waals surface area contributed by atoms with Crippen molar-refractivity contribution in [1.29, 1.82) is 0 Å². The molecule has 2 aliphatic rings. The topological polar surface area (TPSA) is 119 Å². The Morgan fingerprint density at radius 3 is 2.39 bits per heavy atom. The van der Waals surface area contributed by atoms with Crippen molar-refractivity contribution in [2.75, 3.05) is 0 Å². The molecule has 0 radical (unpaired) electrons. The van der Waals surface area contributed by atoms with Crippen LogP contribution in [0, 0.1) is 17.5 Å². The predicted octanol–water partition coefficient (Wildman–Crippen LogP) is 3.58. The highest BCUT2D eigenvalue weighted by molar-refractivity contribution is 6.05. The van der Waals surface area contributed by atoms with Crippen molar-refractivity contribution in [1.82, 2.24) is 10.2 Å². The third kappa shape index (κ3) is 4.58. The van der Waals surface area contributed by atoms with Crippen LogP contribution >= 0.6 is 0 Å². The summed E-state index contributed by atoms with van der Waals surface area (Å²) in [5.41, 5.74) is 5.77. The molecule has 1 saturated heterocycles. The highest BCUT2D eigenvalue weighted by Gasteiger charge is 2.40. The molecule has 0 saturated carbocycles. The molecular weight excluding hydrogens is 503 g/mol. The van der Waals surface area contributed by atoms with Gasteiger partial charge in [-0.3, -0.25) is 19.7 Å². The lowest BCUT2D eigenvalue weighted by Gasteiger charge is -2.29. The number of nitrogens with one attached hydrogen (secondary N) is 1. The lowest BCUT2D eigenvalue weighted by molar-refractivity contribution is -0.136. The van der Waals surface area contributed by atoms with Gasteiger partial charge in [-0.15, -0.1) is 0 Å². The van der Waals surface area contributed by atoms with Gasteiger partial charge in [0.1, 0.15) is 29.2 Å². The fourth-order valence-electron chi connectivity index (χ4n) is 4.89. The fraction of sp³-hybridized carbons (Fsp3) is 0.185. The van der Waals surface area contributed by atoms with Crippen LogP contribution in [0.4, 0.5) is 18.0 Å². The number of piperidine rings is 1. The summed E-state index contributed by atoms with van der Waals surface area (Å²) < 4.78 is 49.5. The SMILES string of the molecule is NC(=O)Oc1cc(F)c(-c2ccccc2Cc2cc(F)c3c(c2)C(=O)N(C2CCC(=O)NC2=O)C3)c(F)c1. The van der Waals surface area contributed by atoms with E-state index in [9.17, 15) is 28.0 Å². The zero-order chi connectivity index (χ0) is 27.1. The molecular formula is C27H20F3N3O5. The number of imide groups is 1. The number of fused-ring (bicyclic) bond motifs is 1. The molecule has 0 spiro atoms. The molecule has 2 aliphatic heterocycles. The number of benzene rings is 3. The van der Waals surface area contributed by atoms with E-state index in [2.05, 4.69) is 10.1 Å². The van der Waals surface area contributed by atoms with Crippen molar-refractivity contribution in [2.45, 2.75) is 31.8 Å². The molecule has 0 aromatic heterocycles. The van der Waals surface area contributed by atoms with E-state index in [-0.39, 0.29) is 48.1 Å². The number of hydrogen-bond acceptors (Lipinski definition) is 5. The smallest absolute Gasteiger partial charge is 0.409 e. The molecule has 4 amide bonds. The second-order valence-electron chi connectivity index (χ2n) is 9.02. The Kier molecular flexibility index (Phi) is 6.35. The van der Waals surface area contributed by atoms with Gasteiger partial charge in [0.2, 0.25) is 11.8 Å². The second kappa shape index (κ2) is 9.66. The number of halogens is 3. The molecule has 0 aliphatic carbocycles. The molecule has 3 aromatic rings. The Bertz CT molecular complexity index is 1500. The number of nitrogens with two attached hydrogens (primary N) is 1. The van der Waals surface area contributed by atoms with Gasteiger partial charge in [-0.1, -0.05) is 24.3 Å². The molecule has 3 N–H and O–H groups in total. The molecule has 5 rings (SSSR count). The van der Waals surface area contributed by atoms with Crippen LogP contribution < -0.4 is 15.8 Å². The minimum atomic E-state index is -1.22. The Balaban J connectivity index is 1.46. The van der Waals surface area contributed by atoms with E-state index >= 15 is 4.39 Å². The first kappa shape index (κ1) is 25.0. The highest BCUT2D eigenvalue weighted by Crippen LogP contribution is 2.35. The first-order chi connectivity index (χ1) is 18.1. The maximum Gasteiger partial charge on any atom is 0.409 e. The molecule has 0 bridgehead atoms. The van der Waals surface area contributed by atoms with Gasteiger partial charge in [0.25, 0.3) is 5.91 Å². The number of primary amides is 1. The molecule has 1 unspecified atom stereocenters. The summed E-state index contributed by atoms with van der Waals surface area (Å²) in [6.45, 7) is -0.112. The molecule has 3 aromatic carbocycles. The van der Waals surface area contributed by atoms with Gasteiger partial charge in [-0.2, -0.15) is 0 Å². The third-order valence-corrected chi connectivity index (χ3v) is 6.58. The summed E-state index contributed by atoms with van der Waals surface area (Å²) >= 11 is 0. The summed E-state index contributed by atoms with van der Waals surface area (Å²) in [5, 5.41) is 2.20. The molecule has 1 atom stereocenters. The number of ether oxygens (including phenoxy) is 1. The van der Waals surface area contributed by atoms with Crippen LogP contribution in [-0.4, -0.2) is 34.8 Å². The van der Waals surface area contributed by atoms with Crippen LogP contribution in [-0.2, 0) is 22.6 Å². The summed E-state index contributed by atoms with van der Waals surface area (Å²) in [5.74, 6) is -4.60. The Morgan fingerprint density at radius 2 is 1.71 bits per heavy atom. The lowest BCUT2D eigenvalue weighted by Crippen LogP contribution is -2.52. The molecule has 38 heavy (non-hydrogen) atoms. The Hall–Kier alpha value is -4.67. The van der Waals surface area contributed by atoms with E-state index in [1.807, 2.05) is 0 Å². The van der Waals surface area contributed by atoms with Crippen molar-refractivity contribution in [3.8, 4) is 16.9 Å². The van der Waals surface area contributed by atoms with Crippen molar-refractivity contribution < 1.29 is 37.1 Å². The van der Waals surface area contributed by atoms with Gasteiger partial charge in [-0.05, 0) is 41.7 Å². The van der Waals surface area contributed by atoms with E-state index in [4.69, 9.17) is 5.73 Å². The van der Waals surface area contributed by atoms with Gasteiger partial charge in [0.15, 0.2) is 0 Å². The van der Waals surface area contributed by atoms with Crippen LogP contribution in [0.2, 0.25) is 0 Å². The zero-order valence-corrected chi connectivity index (χ0v) is 19.7. The summed E-state index contributed by atoms with van der Waals surface area (Å²) in [6, 6.07) is 9.86. The van der Waals surface area contributed by atoms with Crippen molar-refractivity contribution in [3.63, 3.8) is 0 Å². The second-order valence-corrected chi connectivity index (χ2v) is 9.02. The van der Waals surface area contributed by atoms with E-state index in [1.165, 1.54) is 23.1 Å². The van der Waals surface area contributed by atoms with Crippen molar-refractivity contribution >= 4 is 23.8 Å². The van der Waals surface area contributed by atoms with Gasteiger partial charge in [-0.25, -0.2) is 18.0 Å². The van der Waals surface area contributed by atoms with Gasteiger partial charge in [0, 0.05) is 29.7 Å². The number of rotatable bonds is 5. The Labute approximate surface area is 214 Å². The zero-order valence-electron chi connectivity index (χ0n) is 19.7. The molecule has 11 heteroatoms. The summed E-state index contributed by atoms with van der Waals surface area (Å²) in [7, 11) is 0. The van der Waals surface area contributed by atoms with Crippen molar-refractivity contribution in [2.24, 2.45) is 5.73 Å². The average Bonchev–Trinajstić information content (AvgIpc) is 3.16. The average molecular weight is 523 g/mol. The highest BCUT2D eigenvalue weighted by atomic mass is 19.1. The van der Waals surface area contributed by atoms with Crippen LogP contribution in [0.1, 0.15) is 39.9 Å². The number of nitrogens with zero attached hydrogens (tertiary/aromatic N) is 1. The largest absolute Gasteiger partial charge is 0.410 e. The minimum Gasteiger partial charge on any atom is -0.410 e. The van der Waals surface area contributed by atoms with Crippen LogP contribution in [0.25, 0.3) is 11.1 Å². The maximum atomic E-state index is 15.1. The van der Waals surface area contributed by atoms with Gasteiger partial charge in [0.05, 0.1) is 12.1 Å².